The second-order valence-electron chi connectivity index (χ2n) is 4.04. The van der Waals surface area contributed by atoms with Gasteiger partial charge in [-0.2, -0.15) is 0 Å². The number of carboxylic acids is 1. The summed E-state index contributed by atoms with van der Waals surface area (Å²) >= 11 is 5.93. The van der Waals surface area contributed by atoms with Gasteiger partial charge in [0, 0.05) is 5.56 Å². The maximum Gasteiger partial charge on any atom is 0.266 e. The van der Waals surface area contributed by atoms with E-state index in [4.69, 9.17) is 17.0 Å². The Hall–Kier alpha value is -2.06. The van der Waals surface area contributed by atoms with Crippen LogP contribution in [-0.2, 0) is 9.59 Å². The molecule has 1 aliphatic rings. The molecular weight excluding hydrogens is 314 g/mol. The maximum atomic E-state index is 12.1. The summed E-state index contributed by atoms with van der Waals surface area (Å²) in [6, 6.07) is 4.84. The van der Waals surface area contributed by atoms with E-state index in [1.54, 1.807) is 18.2 Å². The summed E-state index contributed by atoms with van der Waals surface area (Å²) in [6.07, 6.45) is 1.44. The lowest BCUT2D eigenvalue weighted by Crippen LogP contribution is -2.40. The number of para-hydroxylation sites is 1. The number of aliphatic carboxylic acids is 1. The molecule has 1 aliphatic heterocycles. The number of methoxy groups -OCH3 is 1. The number of carbonyl (C=O) groups is 2. The summed E-state index contributed by atoms with van der Waals surface area (Å²) in [5, 5.41) is 20.6. The van der Waals surface area contributed by atoms with Gasteiger partial charge in [0.25, 0.3) is 5.91 Å². The number of ether oxygens (including phenoxy) is 1. The minimum Gasteiger partial charge on any atom is -0.548 e. The van der Waals surface area contributed by atoms with Crippen molar-refractivity contribution in [3.63, 3.8) is 0 Å². The highest BCUT2D eigenvalue weighted by molar-refractivity contribution is 8.26. The standard InChI is InChI=1S/C13H11NO5S2/c1-19-8-4-2-3-7(11(8)17)5-9-12(18)14(6-10(15)16)13(20)21-9/h2-5,17H,6H2,1H3,(H,15,16)/p-1/b9-5+. The van der Waals surface area contributed by atoms with Crippen LogP contribution in [0, 0.1) is 0 Å². The predicted molar refractivity (Wildman–Crippen MR) is 79.5 cm³/mol. The molecule has 21 heavy (non-hydrogen) atoms. The number of hydrogen-bond acceptors (Lipinski definition) is 7. The highest BCUT2D eigenvalue weighted by atomic mass is 32.2. The van der Waals surface area contributed by atoms with Gasteiger partial charge in [0.15, 0.2) is 11.5 Å². The van der Waals surface area contributed by atoms with Crippen molar-refractivity contribution in [3.05, 3.63) is 28.7 Å². The second kappa shape index (κ2) is 6.15. The second-order valence-corrected chi connectivity index (χ2v) is 5.71. The van der Waals surface area contributed by atoms with Crippen LogP contribution < -0.4 is 9.84 Å². The average Bonchev–Trinajstić information content (AvgIpc) is 2.68. The van der Waals surface area contributed by atoms with Crippen LogP contribution in [0.1, 0.15) is 5.56 Å². The van der Waals surface area contributed by atoms with Crippen LogP contribution in [0.2, 0.25) is 0 Å². The lowest BCUT2D eigenvalue weighted by molar-refractivity contribution is -0.305. The van der Waals surface area contributed by atoms with Gasteiger partial charge in [-0.05, 0) is 12.1 Å². The van der Waals surface area contributed by atoms with E-state index >= 15 is 0 Å². The summed E-state index contributed by atoms with van der Waals surface area (Å²) in [5.74, 6) is -1.76. The number of thiocarbonyl (C=S) groups is 1. The molecule has 0 atom stereocenters. The molecule has 1 aromatic carbocycles. The van der Waals surface area contributed by atoms with Gasteiger partial charge in [-0.25, -0.2) is 0 Å². The highest BCUT2D eigenvalue weighted by Gasteiger charge is 2.32. The van der Waals surface area contributed by atoms with Gasteiger partial charge in [-0.15, -0.1) is 0 Å². The zero-order chi connectivity index (χ0) is 15.6. The Bertz CT molecular complexity index is 656. The zero-order valence-electron chi connectivity index (χ0n) is 10.9. The Morgan fingerprint density at radius 2 is 2.29 bits per heavy atom. The highest BCUT2D eigenvalue weighted by Crippen LogP contribution is 2.36. The van der Waals surface area contributed by atoms with Gasteiger partial charge < -0.3 is 19.7 Å². The number of benzene rings is 1. The van der Waals surface area contributed by atoms with Crippen LogP contribution in [0.4, 0.5) is 0 Å². The van der Waals surface area contributed by atoms with Crippen molar-refractivity contribution in [2.75, 3.05) is 13.7 Å². The first-order chi connectivity index (χ1) is 9.93. The molecule has 1 fully saturated rings. The third-order valence-corrected chi connectivity index (χ3v) is 4.08. The van der Waals surface area contributed by atoms with E-state index in [1.807, 2.05) is 0 Å². The Morgan fingerprint density at radius 3 is 2.90 bits per heavy atom. The Balaban J connectivity index is 2.33. The molecule has 8 heteroatoms. The molecule has 0 unspecified atom stereocenters. The smallest absolute Gasteiger partial charge is 0.266 e. The van der Waals surface area contributed by atoms with Crippen molar-refractivity contribution in [3.8, 4) is 11.5 Å². The van der Waals surface area contributed by atoms with Crippen molar-refractivity contribution in [2.24, 2.45) is 0 Å². The topological polar surface area (TPSA) is 89.9 Å². The van der Waals surface area contributed by atoms with E-state index in [0.29, 0.717) is 5.56 Å². The fraction of sp³-hybridized carbons (Fsp3) is 0.154. The molecule has 1 N–H and O–H groups in total. The Labute approximate surface area is 130 Å². The van der Waals surface area contributed by atoms with Crippen molar-refractivity contribution in [1.29, 1.82) is 0 Å². The molecular formula is C13H10NO5S2-. The quantitative estimate of drug-likeness (QED) is 0.631. The summed E-state index contributed by atoms with van der Waals surface area (Å²) in [7, 11) is 1.41. The molecule has 1 saturated heterocycles. The maximum absolute atomic E-state index is 12.1. The molecule has 6 nitrogen and oxygen atoms in total. The van der Waals surface area contributed by atoms with Gasteiger partial charge in [0.1, 0.15) is 4.32 Å². The first-order valence-electron chi connectivity index (χ1n) is 5.75. The molecule has 1 heterocycles. The molecule has 2 rings (SSSR count). The van der Waals surface area contributed by atoms with Crippen molar-refractivity contribution >= 4 is 46.3 Å². The summed E-state index contributed by atoms with van der Waals surface area (Å²) in [5.41, 5.74) is 0.378. The number of amides is 1. The van der Waals surface area contributed by atoms with E-state index in [0.717, 1.165) is 16.7 Å². The predicted octanol–water partition coefficient (Wildman–Crippen LogP) is 0.352. The van der Waals surface area contributed by atoms with Crippen LogP contribution >= 0.6 is 24.0 Å². The largest absolute Gasteiger partial charge is 0.548 e. The number of hydrogen-bond donors (Lipinski definition) is 1. The summed E-state index contributed by atoms with van der Waals surface area (Å²) < 4.78 is 5.12. The van der Waals surface area contributed by atoms with E-state index in [-0.39, 0.29) is 20.7 Å². The number of thioether (sulfide) groups is 1. The number of phenols is 1. The molecule has 110 valence electrons. The van der Waals surface area contributed by atoms with Crippen molar-refractivity contribution in [2.45, 2.75) is 0 Å². The van der Waals surface area contributed by atoms with E-state index in [9.17, 15) is 19.8 Å². The summed E-state index contributed by atoms with van der Waals surface area (Å²) in [4.78, 5) is 23.8. The first-order valence-corrected chi connectivity index (χ1v) is 6.97. The van der Waals surface area contributed by atoms with Crippen LogP contribution in [-0.4, -0.2) is 39.9 Å². The third-order valence-electron chi connectivity index (χ3n) is 2.70. The van der Waals surface area contributed by atoms with E-state index in [2.05, 4.69) is 0 Å². The molecule has 0 aliphatic carbocycles. The number of phenolic OH excluding ortho intramolecular Hbond substituents is 1. The van der Waals surface area contributed by atoms with Crippen LogP contribution in [0.3, 0.4) is 0 Å². The molecule has 0 saturated carbocycles. The van der Waals surface area contributed by atoms with Crippen LogP contribution in [0.5, 0.6) is 11.5 Å². The molecule has 0 spiro atoms. The number of rotatable bonds is 4. The molecule has 1 amide bonds. The summed E-state index contributed by atoms with van der Waals surface area (Å²) in [6.45, 7) is -0.591. The van der Waals surface area contributed by atoms with Crippen molar-refractivity contribution in [1.82, 2.24) is 4.90 Å². The average molecular weight is 324 g/mol. The lowest BCUT2D eigenvalue weighted by Gasteiger charge is -2.14. The van der Waals surface area contributed by atoms with Gasteiger partial charge in [-0.3, -0.25) is 9.69 Å². The minimum absolute atomic E-state index is 0.106. The van der Waals surface area contributed by atoms with E-state index < -0.39 is 18.4 Å². The van der Waals surface area contributed by atoms with Gasteiger partial charge in [0.05, 0.1) is 24.5 Å². The van der Waals surface area contributed by atoms with Gasteiger partial charge in [0.2, 0.25) is 0 Å². The number of aromatic hydroxyl groups is 1. The number of carbonyl (C=O) groups excluding carboxylic acids is 2. The normalized spacial score (nSPS) is 16.6. The molecule has 0 aromatic heterocycles. The SMILES string of the molecule is COc1cccc(/C=C2/SC(=S)N(CC(=O)[O-])C2=O)c1O. The third kappa shape index (κ3) is 3.17. The number of nitrogens with zero attached hydrogens (tertiary/aromatic N) is 1. The Morgan fingerprint density at radius 1 is 1.57 bits per heavy atom. The minimum atomic E-state index is -1.39. The Kier molecular flexibility index (Phi) is 4.49. The van der Waals surface area contributed by atoms with Crippen molar-refractivity contribution < 1.29 is 24.5 Å². The zero-order valence-corrected chi connectivity index (χ0v) is 12.5. The van der Waals surface area contributed by atoms with Gasteiger partial charge >= 0.3 is 0 Å². The van der Waals surface area contributed by atoms with Crippen LogP contribution in [0.25, 0.3) is 6.08 Å². The first kappa shape index (κ1) is 15.3. The monoisotopic (exact) mass is 324 g/mol. The molecule has 1 aromatic rings. The van der Waals surface area contributed by atoms with E-state index in [1.165, 1.54) is 13.2 Å². The molecule has 0 bridgehead atoms. The number of carboxylic acid groups (broad SMARTS) is 1. The lowest BCUT2D eigenvalue weighted by atomic mass is 10.1. The fourth-order valence-corrected chi connectivity index (χ4v) is 2.97. The fourth-order valence-electron chi connectivity index (χ4n) is 1.73. The van der Waals surface area contributed by atoms with Gasteiger partial charge in [-0.1, -0.05) is 36.1 Å². The van der Waals surface area contributed by atoms with Crippen LogP contribution in [0.15, 0.2) is 23.1 Å². The molecule has 0 radical (unpaired) electrons.